The van der Waals surface area contributed by atoms with Crippen molar-refractivity contribution in [2.24, 2.45) is 0 Å². The van der Waals surface area contributed by atoms with Crippen molar-refractivity contribution in [3.63, 3.8) is 0 Å². The highest BCUT2D eigenvalue weighted by atomic mass is 32.2. The van der Waals surface area contributed by atoms with Crippen molar-refractivity contribution in [1.29, 1.82) is 0 Å². The van der Waals surface area contributed by atoms with Crippen molar-refractivity contribution < 1.29 is 92.9 Å². The average Bonchev–Trinajstić information content (AvgIpc) is 2.80. The van der Waals surface area contributed by atoms with Gasteiger partial charge in [-0.1, -0.05) is 0 Å². The number of ether oxygens (including phenoxy) is 1. The monoisotopic (exact) mass is 675 g/mol. The van der Waals surface area contributed by atoms with Gasteiger partial charge in [0.25, 0.3) is 15.5 Å². The van der Waals surface area contributed by atoms with E-state index in [9.17, 15) is 93.4 Å². The fourth-order valence-electron chi connectivity index (χ4n) is 2.39. The lowest BCUT2D eigenvalue weighted by atomic mass is 9.94. The molecule has 0 spiro atoms. The van der Waals surface area contributed by atoms with Crippen LogP contribution in [0, 0.1) is 10.1 Å². The van der Waals surface area contributed by atoms with Gasteiger partial charge in [-0.3, -0.25) is 19.1 Å². The molecule has 0 aliphatic carbocycles. The van der Waals surface area contributed by atoms with Crippen LogP contribution in [0.25, 0.3) is 0 Å². The molecule has 0 saturated carbocycles. The van der Waals surface area contributed by atoms with Crippen molar-refractivity contribution in [2.75, 3.05) is 12.4 Å². The van der Waals surface area contributed by atoms with Crippen LogP contribution in [-0.4, -0.2) is 77.4 Å². The molecule has 0 N–H and O–H groups in total. The second kappa shape index (κ2) is 11.1. The number of nitro groups is 1. The Morgan fingerprint density at radius 3 is 1.80 bits per heavy atom. The fraction of sp³-hybridized carbons (Fsp3) is 0.562. The van der Waals surface area contributed by atoms with Crippen LogP contribution in [0.2, 0.25) is 0 Å². The van der Waals surface area contributed by atoms with E-state index in [1.807, 2.05) is 0 Å². The number of alkyl halides is 15. The van der Waals surface area contributed by atoms with Crippen LogP contribution in [0.15, 0.2) is 28.0 Å². The summed E-state index contributed by atoms with van der Waals surface area (Å²) >= 11 is 0. The first-order valence-corrected chi connectivity index (χ1v) is 12.1. The standard InChI is InChI=1S/C16H8F15NO7S2/c17-10(18)12(21,22)14(25,26)15(27,28)13(23,24)11(19,20)5-39-9(33)4-40(36)8-2-1-6(3-7(8)32(34)35)41(37,38)16(29,30)31/h1-3,10H,4-5H2. The summed E-state index contributed by atoms with van der Waals surface area (Å²) in [5.41, 5.74) is -7.69. The van der Waals surface area contributed by atoms with Gasteiger partial charge in [-0.25, -0.2) is 17.2 Å². The van der Waals surface area contributed by atoms with Crippen LogP contribution in [0.4, 0.5) is 71.5 Å². The van der Waals surface area contributed by atoms with Crippen molar-refractivity contribution in [1.82, 2.24) is 0 Å². The number of carbonyl (C=O) groups is 1. The molecule has 0 radical (unpaired) electrons. The lowest BCUT2D eigenvalue weighted by Gasteiger charge is -2.38. The van der Waals surface area contributed by atoms with E-state index in [0.29, 0.717) is 0 Å². The Labute approximate surface area is 217 Å². The summed E-state index contributed by atoms with van der Waals surface area (Å²) in [7, 11) is -9.50. The molecule has 0 saturated heterocycles. The number of nitro benzene ring substituents is 1. The zero-order valence-electron chi connectivity index (χ0n) is 18.5. The largest absolute Gasteiger partial charge is 0.501 e. The van der Waals surface area contributed by atoms with E-state index in [2.05, 4.69) is 4.74 Å². The SMILES string of the molecule is O=C(CS(=O)c1ccc(S(=O)(=O)C(F)(F)F)cc1[N+](=O)[O-])OCC(F)(F)C(F)(F)C(F)(F)C(F)(F)C(F)(F)C(F)F. The summed E-state index contributed by atoms with van der Waals surface area (Å²) in [6.07, 6.45) is -5.76. The zero-order chi connectivity index (χ0) is 32.8. The second-order valence-electron chi connectivity index (χ2n) is 7.34. The van der Waals surface area contributed by atoms with E-state index in [1.165, 1.54) is 0 Å². The first-order valence-electron chi connectivity index (χ1n) is 9.31. The number of carbonyl (C=O) groups excluding carboxylic acids is 1. The number of hydrogen-bond acceptors (Lipinski definition) is 7. The third-order valence-electron chi connectivity index (χ3n) is 4.59. The lowest BCUT2D eigenvalue weighted by Crippen LogP contribution is -2.69. The van der Waals surface area contributed by atoms with Crippen molar-refractivity contribution in [3.8, 4) is 0 Å². The highest BCUT2D eigenvalue weighted by Gasteiger charge is 2.87. The van der Waals surface area contributed by atoms with E-state index in [-0.39, 0.29) is 18.2 Å². The second-order valence-corrected chi connectivity index (χ2v) is 10.7. The average molecular weight is 675 g/mol. The minimum absolute atomic E-state index is 0.0134. The predicted molar refractivity (Wildman–Crippen MR) is 99.3 cm³/mol. The van der Waals surface area contributed by atoms with Crippen molar-refractivity contribution >= 4 is 32.3 Å². The van der Waals surface area contributed by atoms with E-state index in [4.69, 9.17) is 0 Å². The minimum Gasteiger partial charge on any atom is -0.458 e. The maximum absolute atomic E-state index is 13.7. The van der Waals surface area contributed by atoms with Gasteiger partial charge in [0, 0.05) is 6.07 Å². The Balaban J connectivity index is 3.22. The fourth-order valence-corrected chi connectivity index (χ4v) is 4.22. The van der Waals surface area contributed by atoms with E-state index >= 15 is 0 Å². The maximum Gasteiger partial charge on any atom is 0.501 e. The number of esters is 1. The Morgan fingerprint density at radius 2 is 1.39 bits per heavy atom. The quantitative estimate of drug-likeness (QED) is 0.133. The van der Waals surface area contributed by atoms with Crippen LogP contribution in [0.5, 0.6) is 0 Å². The summed E-state index contributed by atoms with van der Waals surface area (Å²) in [6, 6.07) is -0.247. The zero-order valence-corrected chi connectivity index (χ0v) is 20.1. The first-order chi connectivity index (χ1) is 18.0. The molecule has 1 atom stereocenters. The van der Waals surface area contributed by atoms with Crippen LogP contribution in [-0.2, 0) is 30.2 Å². The molecule has 0 aromatic heterocycles. The molecular formula is C16H8F15NO7S2. The number of halogens is 15. The van der Waals surface area contributed by atoms with Gasteiger partial charge in [-0.15, -0.1) is 0 Å². The smallest absolute Gasteiger partial charge is 0.458 e. The molecule has 1 rings (SSSR count). The molecule has 41 heavy (non-hydrogen) atoms. The summed E-state index contributed by atoms with van der Waals surface area (Å²) in [5.74, 6) is -41.8. The highest BCUT2D eigenvalue weighted by molar-refractivity contribution is 7.92. The summed E-state index contributed by atoms with van der Waals surface area (Å²) in [6.45, 7) is -3.38. The molecule has 0 bridgehead atoms. The first kappa shape index (κ1) is 36.2. The molecule has 0 heterocycles. The van der Waals surface area contributed by atoms with E-state index < -0.39 is 101 Å². The van der Waals surface area contributed by atoms with Gasteiger partial charge < -0.3 is 4.74 Å². The molecule has 0 aliphatic heterocycles. The summed E-state index contributed by atoms with van der Waals surface area (Å²) in [5, 5.41) is 11.1. The number of benzene rings is 1. The van der Waals surface area contributed by atoms with Crippen LogP contribution >= 0.6 is 0 Å². The van der Waals surface area contributed by atoms with E-state index in [1.54, 1.807) is 0 Å². The molecule has 0 amide bonds. The Kier molecular flexibility index (Phi) is 9.78. The third kappa shape index (κ3) is 6.33. The molecule has 25 heteroatoms. The van der Waals surface area contributed by atoms with E-state index in [0.717, 1.165) is 0 Å². The predicted octanol–water partition coefficient (Wildman–Crippen LogP) is 4.98. The van der Waals surface area contributed by atoms with Gasteiger partial charge in [-0.2, -0.15) is 57.1 Å². The van der Waals surface area contributed by atoms with Crippen molar-refractivity contribution in [2.45, 2.75) is 51.3 Å². The van der Waals surface area contributed by atoms with Crippen molar-refractivity contribution in [3.05, 3.63) is 28.3 Å². The topological polar surface area (TPSA) is 121 Å². The van der Waals surface area contributed by atoms with Crippen LogP contribution in [0.3, 0.4) is 0 Å². The van der Waals surface area contributed by atoms with Gasteiger partial charge in [-0.05, 0) is 12.1 Å². The third-order valence-corrected chi connectivity index (χ3v) is 7.41. The molecule has 0 aliphatic rings. The Morgan fingerprint density at radius 1 is 0.902 bits per heavy atom. The molecule has 0 fully saturated rings. The summed E-state index contributed by atoms with van der Waals surface area (Å²) < 4.78 is 234. The molecule has 1 aromatic carbocycles. The molecular weight excluding hydrogens is 667 g/mol. The maximum atomic E-state index is 13.7. The van der Waals surface area contributed by atoms with Gasteiger partial charge in [0.2, 0.25) is 0 Å². The van der Waals surface area contributed by atoms with Crippen LogP contribution < -0.4 is 0 Å². The van der Waals surface area contributed by atoms with Gasteiger partial charge >= 0.3 is 47.5 Å². The molecule has 1 unspecified atom stereocenters. The van der Waals surface area contributed by atoms with Gasteiger partial charge in [0.1, 0.15) is 10.6 Å². The Hall–Kier alpha value is -2.86. The number of nitrogens with zero attached hydrogens (tertiary/aromatic N) is 1. The van der Waals surface area contributed by atoms with Crippen LogP contribution in [0.1, 0.15) is 0 Å². The molecule has 8 nitrogen and oxygen atoms in total. The molecule has 1 aromatic rings. The minimum atomic E-state index is -7.93. The normalized spacial score (nSPS) is 15.1. The number of sulfone groups is 1. The lowest BCUT2D eigenvalue weighted by molar-refractivity contribution is -0.414. The number of rotatable bonds is 12. The Bertz CT molecular complexity index is 1310. The van der Waals surface area contributed by atoms with Gasteiger partial charge in [0.05, 0.1) is 20.6 Å². The summed E-state index contributed by atoms with van der Waals surface area (Å²) in [4.78, 5) is 17.9. The molecule has 236 valence electrons. The highest BCUT2D eigenvalue weighted by Crippen LogP contribution is 2.58. The van der Waals surface area contributed by atoms with Gasteiger partial charge in [0.15, 0.2) is 6.61 Å². The number of hydrogen-bond donors (Lipinski definition) is 0.